The average Bonchev–Trinajstić information content (AvgIpc) is 2.94. The Bertz CT molecular complexity index is 830. The molecule has 6 nitrogen and oxygen atoms in total. The maximum atomic E-state index is 6.19. The summed E-state index contributed by atoms with van der Waals surface area (Å²) in [6.45, 7) is 4.31. The summed E-state index contributed by atoms with van der Waals surface area (Å²) >= 11 is 6.19. The van der Waals surface area contributed by atoms with Crippen molar-refractivity contribution in [1.82, 2.24) is 19.6 Å². The number of aromatic nitrogens is 4. The molecule has 0 fully saturated rings. The molecule has 3 rings (SSSR count). The minimum absolute atomic E-state index is 0.503. The number of aryl methyl sites for hydroxylation is 2. The minimum Gasteiger partial charge on any atom is -0.496 e. The highest BCUT2D eigenvalue weighted by atomic mass is 35.5. The number of rotatable bonds is 4. The van der Waals surface area contributed by atoms with Gasteiger partial charge in [-0.05, 0) is 19.9 Å². The standard InChI is InChI=1S/C15H16ClN5O/c1-9-13(16)10(2)21-15(18-9)19-14(20-21)17-8-11-6-4-5-7-12(11)22-3/h4-7H,8H2,1-3H3,(H,17,20). The zero-order chi connectivity index (χ0) is 15.7. The van der Waals surface area contributed by atoms with Gasteiger partial charge in [-0.3, -0.25) is 0 Å². The van der Waals surface area contributed by atoms with Crippen molar-refractivity contribution >= 4 is 23.3 Å². The van der Waals surface area contributed by atoms with E-state index in [0.717, 1.165) is 22.7 Å². The number of anilines is 1. The van der Waals surface area contributed by atoms with Gasteiger partial charge in [0.1, 0.15) is 5.75 Å². The normalized spacial score (nSPS) is 10.9. The van der Waals surface area contributed by atoms with E-state index in [0.29, 0.717) is 23.3 Å². The van der Waals surface area contributed by atoms with Crippen molar-refractivity contribution in [1.29, 1.82) is 0 Å². The molecular weight excluding hydrogens is 302 g/mol. The summed E-state index contributed by atoms with van der Waals surface area (Å²) in [4.78, 5) is 8.71. The molecule has 2 heterocycles. The van der Waals surface area contributed by atoms with Crippen molar-refractivity contribution in [3.8, 4) is 5.75 Å². The molecule has 7 heteroatoms. The van der Waals surface area contributed by atoms with Gasteiger partial charge in [0.05, 0.1) is 23.5 Å². The molecule has 0 spiro atoms. The van der Waals surface area contributed by atoms with Gasteiger partial charge in [-0.1, -0.05) is 29.8 Å². The maximum absolute atomic E-state index is 6.19. The van der Waals surface area contributed by atoms with E-state index in [1.165, 1.54) is 0 Å². The van der Waals surface area contributed by atoms with Crippen LogP contribution in [0.5, 0.6) is 5.75 Å². The quantitative estimate of drug-likeness (QED) is 0.801. The molecule has 0 saturated heterocycles. The Morgan fingerprint density at radius 1 is 1.23 bits per heavy atom. The molecular formula is C15H16ClN5O. The third kappa shape index (κ3) is 2.57. The molecule has 0 unspecified atom stereocenters. The summed E-state index contributed by atoms with van der Waals surface area (Å²) in [5, 5.41) is 8.18. The summed E-state index contributed by atoms with van der Waals surface area (Å²) in [7, 11) is 1.65. The highest BCUT2D eigenvalue weighted by Gasteiger charge is 2.12. The van der Waals surface area contributed by atoms with Gasteiger partial charge >= 0.3 is 0 Å². The lowest BCUT2D eigenvalue weighted by Crippen LogP contribution is -2.03. The molecule has 0 radical (unpaired) electrons. The summed E-state index contributed by atoms with van der Waals surface area (Å²) in [5.74, 6) is 1.86. The third-order valence-corrected chi connectivity index (χ3v) is 3.99. The van der Waals surface area contributed by atoms with E-state index in [-0.39, 0.29) is 0 Å². The molecule has 0 amide bonds. The summed E-state index contributed by atoms with van der Waals surface area (Å²) < 4.78 is 6.97. The molecule has 3 aromatic rings. The van der Waals surface area contributed by atoms with Gasteiger partial charge in [-0.25, -0.2) is 4.98 Å². The number of halogens is 1. The van der Waals surface area contributed by atoms with Crippen LogP contribution in [0.15, 0.2) is 24.3 Å². The van der Waals surface area contributed by atoms with Crippen LogP contribution < -0.4 is 10.1 Å². The number of para-hydroxylation sites is 1. The van der Waals surface area contributed by atoms with Crippen LogP contribution in [0.1, 0.15) is 17.0 Å². The van der Waals surface area contributed by atoms with E-state index < -0.39 is 0 Å². The van der Waals surface area contributed by atoms with Gasteiger partial charge in [0.25, 0.3) is 5.78 Å². The van der Waals surface area contributed by atoms with Crippen LogP contribution in [-0.4, -0.2) is 26.7 Å². The molecule has 0 aliphatic rings. The number of nitrogens with zero attached hydrogens (tertiary/aromatic N) is 4. The first kappa shape index (κ1) is 14.6. The molecule has 0 atom stereocenters. The highest BCUT2D eigenvalue weighted by molar-refractivity contribution is 6.31. The number of hydrogen-bond donors (Lipinski definition) is 1. The fourth-order valence-corrected chi connectivity index (χ4v) is 2.38. The molecule has 22 heavy (non-hydrogen) atoms. The van der Waals surface area contributed by atoms with E-state index >= 15 is 0 Å². The van der Waals surface area contributed by atoms with E-state index in [4.69, 9.17) is 16.3 Å². The zero-order valence-corrected chi connectivity index (χ0v) is 13.3. The van der Waals surface area contributed by atoms with Gasteiger partial charge < -0.3 is 10.1 Å². The van der Waals surface area contributed by atoms with Crippen LogP contribution in [0, 0.1) is 13.8 Å². The Morgan fingerprint density at radius 3 is 2.77 bits per heavy atom. The lowest BCUT2D eigenvalue weighted by molar-refractivity contribution is 0.410. The smallest absolute Gasteiger partial charge is 0.254 e. The number of ether oxygens (including phenoxy) is 1. The molecule has 0 bridgehead atoms. The minimum atomic E-state index is 0.503. The van der Waals surface area contributed by atoms with E-state index in [9.17, 15) is 0 Å². The van der Waals surface area contributed by atoms with E-state index in [1.807, 2.05) is 38.1 Å². The first-order chi connectivity index (χ1) is 10.6. The summed E-state index contributed by atoms with van der Waals surface area (Å²) in [5.41, 5.74) is 2.60. The van der Waals surface area contributed by atoms with Gasteiger partial charge in [0.15, 0.2) is 0 Å². The highest BCUT2D eigenvalue weighted by Crippen LogP contribution is 2.21. The van der Waals surface area contributed by atoms with Crippen LogP contribution >= 0.6 is 11.6 Å². The van der Waals surface area contributed by atoms with Crippen LogP contribution in [0.25, 0.3) is 5.78 Å². The first-order valence-electron chi connectivity index (χ1n) is 6.85. The van der Waals surface area contributed by atoms with E-state index in [1.54, 1.807) is 11.6 Å². The number of methoxy groups -OCH3 is 1. The fourth-order valence-electron chi connectivity index (χ4n) is 2.25. The van der Waals surface area contributed by atoms with Crippen LogP contribution in [0.4, 0.5) is 5.95 Å². The Labute approximate surface area is 133 Å². The Hall–Kier alpha value is -2.34. The molecule has 0 aliphatic carbocycles. The number of hydrogen-bond acceptors (Lipinski definition) is 5. The van der Waals surface area contributed by atoms with Gasteiger partial charge in [0.2, 0.25) is 5.95 Å². The number of nitrogens with one attached hydrogen (secondary N) is 1. The second-order valence-corrected chi connectivity index (χ2v) is 5.29. The predicted molar refractivity (Wildman–Crippen MR) is 85.6 cm³/mol. The summed E-state index contributed by atoms with van der Waals surface area (Å²) in [6, 6.07) is 7.81. The lowest BCUT2D eigenvalue weighted by atomic mass is 10.2. The van der Waals surface area contributed by atoms with Gasteiger partial charge in [-0.2, -0.15) is 9.50 Å². The molecule has 114 valence electrons. The topological polar surface area (TPSA) is 64.3 Å². The van der Waals surface area contributed by atoms with Crippen molar-refractivity contribution in [2.45, 2.75) is 20.4 Å². The summed E-state index contributed by atoms with van der Waals surface area (Å²) in [6.07, 6.45) is 0. The zero-order valence-electron chi connectivity index (χ0n) is 12.6. The van der Waals surface area contributed by atoms with Crippen molar-refractivity contribution in [2.24, 2.45) is 0 Å². The fraction of sp³-hybridized carbons (Fsp3) is 0.267. The molecule has 2 aromatic heterocycles. The number of fused-ring (bicyclic) bond motifs is 1. The predicted octanol–water partition coefficient (Wildman–Crippen LogP) is 3.02. The monoisotopic (exact) mass is 317 g/mol. The SMILES string of the molecule is COc1ccccc1CNc1nc2nc(C)c(Cl)c(C)n2n1. The Balaban J connectivity index is 1.87. The second kappa shape index (κ2) is 5.81. The third-order valence-electron chi connectivity index (χ3n) is 3.44. The van der Waals surface area contributed by atoms with Crippen molar-refractivity contribution < 1.29 is 4.74 Å². The van der Waals surface area contributed by atoms with E-state index in [2.05, 4.69) is 20.4 Å². The lowest BCUT2D eigenvalue weighted by Gasteiger charge is -2.07. The number of benzene rings is 1. The molecule has 0 saturated carbocycles. The van der Waals surface area contributed by atoms with Crippen molar-refractivity contribution in [2.75, 3.05) is 12.4 Å². The first-order valence-corrected chi connectivity index (χ1v) is 7.23. The Morgan fingerprint density at radius 2 is 2.00 bits per heavy atom. The Kier molecular flexibility index (Phi) is 3.85. The molecule has 1 aromatic carbocycles. The maximum Gasteiger partial charge on any atom is 0.254 e. The van der Waals surface area contributed by atoms with Crippen LogP contribution in [0.2, 0.25) is 5.02 Å². The second-order valence-electron chi connectivity index (χ2n) is 4.91. The van der Waals surface area contributed by atoms with Crippen molar-refractivity contribution in [3.63, 3.8) is 0 Å². The molecule has 0 aliphatic heterocycles. The largest absolute Gasteiger partial charge is 0.496 e. The van der Waals surface area contributed by atoms with Crippen LogP contribution in [0.3, 0.4) is 0 Å². The van der Waals surface area contributed by atoms with Crippen LogP contribution in [-0.2, 0) is 6.54 Å². The van der Waals surface area contributed by atoms with Gasteiger partial charge in [0, 0.05) is 12.1 Å². The van der Waals surface area contributed by atoms with Crippen molar-refractivity contribution in [3.05, 3.63) is 46.2 Å². The van der Waals surface area contributed by atoms with Gasteiger partial charge in [-0.15, -0.1) is 5.10 Å². The average molecular weight is 318 g/mol. The molecule has 1 N–H and O–H groups in total.